The fourth-order valence-corrected chi connectivity index (χ4v) is 3.89. The summed E-state index contributed by atoms with van der Waals surface area (Å²) in [6.45, 7) is 4.48. The highest BCUT2D eigenvalue weighted by atomic mass is 19.1. The summed E-state index contributed by atoms with van der Waals surface area (Å²) in [6.07, 6.45) is 4.34. The van der Waals surface area contributed by atoms with E-state index in [1.54, 1.807) is 25.2 Å². The molecule has 0 bridgehead atoms. The lowest BCUT2D eigenvalue weighted by Crippen LogP contribution is -2.31. The first-order chi connectivity index (χ1) is 14.9. The quantitative estimate of drug-likeness (QED) is 0.538. The molecule has 0 saturated carbocycles. The molecule has 1 amide bonds. The van der Waals surface area contributed by atoms with Crippen molar-refractivity contribution in [1.29, 1.82) is 0 Å². The highest BCUT2D eigenvalue weighted by Crippen LogP contribution is 2.29. The van der Waals surface area contributed by atoms with Crippen molar-refractivity contribution in [3.8, 4) is 5.75 Å². The van der Waals surface area contributed by atoms with Crippen LogP contribution in [0.4, 0.5) is 15.8 Å². The molecular weight excluding hydrogens is 393 g/mol. The van der Waals surface area contributed by atoms with Gasteiger partial charge < -0.3 is 19.4 Å². The number of carbonyl (C=O) groups is 1. The van der Waals surface area contributed by atoms with Gasteiger partial charge in [0.05, 0.1) is 12.3 Å². The zero-order chi connectivity index (χ0) is 22.4. The number of likely N-dealkylation sites (N-methyl/N-ethyl adjacent to an activating group) is 1. The van der Waals surface area contributed by atoms with E-state index < -0.39 is 0 Å². The van der Waals surface area contributed by atoms with Crippen LogP contribution in [0.1, 0.15) is 43.0 Å². The minimum absolute atomic E-state index is 0.182. The standard InChI is InChI=1S/C25H34FN3O2/c1-5-6-7-16-31-22-11-8-19(9-12-22)25(30)28(4)20-10-13-24(23(26)17-20)29-15-14-21(18-29)27(2)3/h8-13,17,21H,5-7,14-16,18H2,1-4H3. The molecule has 0 spiro atoms. The van der Waals surface area contributed by atoms with Gasteiger partial charge in [-0.3, -0.25) is 4.79 Å². The number of carbonyl (C=O) groups excluding carboxylic acids is 1. The zero-order valence-corrected chi connectivity index (χ0v) is 19.1. The third kappa shape index (κ3) is 5.76. The first-order valence-corrected chi connectivity index (χ1v) is 11.1. The maximum absolute atomic E-state index is 14.9. The highest BCUT2D eigenvalue weighted by Gasteiger charge is 2.26. The van der Waals surface area contributed by atoms with E-state index in [0.29, 0.717) is 29.6 Å². The van der Waals surface area contributed by atoms with Crippen LogP contribution in [0.5, 0.6) is 5.75 Å². The number of nitrogens with zero attached hydrogens (tertiary/aromatic N) is 3. The Morgan fingerprint density at radius 1 is 1.13 bits per heavy atom. The van der Waals surface area contributed by atoms with Gasteiger partial charge in [0.1, 0.15) is 11.6 Å². The van der Waals surface area contributed by atoms with Gasteiger partial charge in [-0.25, -0.2) is 4.39 Å². The van der Waals surface area contributed by atoms with Crippen LogP contribution in [0.25, 0.3) is 0 Å². The van der Waals surface area contributed by atoms with E-state index in [9.17, 15) is 9.18 Å². The van der Waals surface area contributed by atoms with E-state index in [-0.39, 0.29) is 11.7 Å². The van der Waals surface area contributed by atoms with Crippen molar-refractivity contribution >= 4 is 17.3 Å². The molecule has 1 atom stereocenters. The van der Waals surface area contributed by atoms with Crippen LogP contribution >= 0.6 is 0 Å². The van der Waals surface area contributed by atoms with Crippen LogP contribution in [-0.4, -0.2) is 57.7 Å². The van der Waals surface area contributed by atoms with Gasteiger partial charge in [0.25, 0.3) is 5.91 Å². The maximum atomic E-state index is 14.9. The van der Waals surface area contributed by atoms with Gasteiger partial charge in [-0.15, -0.1) is 0 Å². The molecule has 1 aliphatic heterocycles. The molecule has 0 aliphatic carbocycles. The Bertz CT molecular complexity index is 870. The lowest BCUT2D eigenvalue weighted by Gasteiger charge is -2.23. The molecule has 0 N–H and O–H groups in total. The van der Waals surface area contributed by atoms with Crippen LogP contribution < -0.4 is 14.5 Å². The lowest BCUT2D eigenvalue weighted by molar-refractivity contribution is 0.0993. The first kappa shape index (κ1) is 23.1. The van der Waals surface area contributed by atoms with Gasteiger partial charge in [-0.05, 0) is 69.4 Å². The van der Waals surface area contributed by atoms with Crippen molar-refractivity contribution in [1.82, 2.24) is 4.90 Å². The summed E-state index contributed by atoms with van der Waals surface area (Å²) in [5.74, 6) is 0.276. The van der Waals surface area contributed by atoms with Crippen molar-refractivity contribution in [3.63, 3.8) is 0 Å². The van der Waals surface area contributed by atoms with E-state index in [1.807, 2.05) is 18.2 Å². The topological polar surface area (TPSA) is 36.0 Å². The molecular formula is C25H34FN3O2. The highest BCUT2D eigenvalue weighted by molar-refractivity contribution is 6.05. The van der Waals surface area contributed by atoms with Gasteiger partial charge in [0, 0.05) is 37.4 Å². The summed E-state index contributed by atoms with van der Waals surface area (Å²) >= 11 is 0. The summed E-state index contributed by atoms with van der Waals surface area (Å²) in [7, 11) is 5.78. The van der Waals surface area contributed by atoms with Gasteiger partial charge in [0.2, 0.25) is 0 Å². The molecule has 3 rings (SSSR count). The van der Waals surface area contributed by atoms with Gasteiger partial charge in [-0.2, -0.15) is 0 Å². The van der Waals surface area contributed by atoms with Gasteiger partial charge >= 0.3 is 0 Å². The van der Waals surface area contributed by atoms with Gasteiger partial charge in [-0.1, -0.05) is 19.8 Å². The number of benzene rings is 2. The van der Waals surface area contributed by atoms with E-state index in [0.717, 1.165) is 44.5 Å². The fourth-order valence-electron chi connectivity index (χ4n) is 3.89. The minimum Gasteiger partial charge on any atom is -0.494 e. The predicted octanol–water partition coefficient (Wildman–Crippen LogP) is 4.81. The minimum atomic E-state index is -0.299. The predicted molar refractivity (Wildman–Crippen MR) is 125 cm³/mol. The molecule has 1 fully saturated rings. The molecule has 6 heteroatoms. The van der Waals surface area contributed by atoms with Crippen molar-refractivity contribution in [2.75, 3.05) is 50.6 Å². The molecule has 1 saturated heterocycles. The number of hydrogen-bond acceptors (Lipinski definition) is 4. The molecule has 2 aromatic carbocycles. The molecule has 0 radical (unpaired) electrons. The average molecular weight is 428 g/mol. The number of amides is 1. The van der Waals surface area contributed by atoms with Crippen LogP contribution in [0.2, 0.25) is 0 Å². The normalized spacial score (nSPS) is 16.1. The number of rotatable bonds is 9. The molecule has 5 nitrogen and oxygen atoms in total. The van der Waals surface area contributed by atoms with Crippen molar-refractivity contribution < 1.29 is 13.9 Å². The zero-order valence-electron chi connectivity index (χ0n) is 19.1. The second-order valence-corrected chi connectivity index (χ2v) is 8.43. The van der Waals surface area contributed by atoms with Crippen LogP contribution in [0.3, 0.4) is 0 Å². The van der Waals surface area contributed by atoms with Crippen molar-refractivity contribution in [2.45, 2.75) is 38.6 Å². The molecule has 0 aromatic heterocycles. The lowest BCUT2D eigenvalue weighted by atomic mass is 10.1. The van der Waals surface area contributed by atoms with Crippen molar-refractivity contribution in [3.05, 3.63) is 53.8 Å². The summed E-state index contributed by atoms with van der Waals surface area (Å²) in [6, 6.07) is 12.6. The smallest absolute Gasteiger partial charge is 0.258 e. The Hall–Kier alpha value is -2.60. The third-order valence-corrected chi connectivity index (χ3v) is 5.98. The Balaban J connectivity index is 1.63. The summed E-state index contributed by atoms with van der Waals surface area (Å²) < 4.78 is 20.6. The van der Waals surface area contributed by atoms with E-state index >= 15 is 0 Å². The summed E-state index contributed by atoms with van der Waals surface area (Å²) in [4.78, 5) is 18.6. The first-order valence-electron chi connectivity index (χ1n) is 11.1. The summed E-state index contributed by atoms with van der Waals surface area (Å²) in [5, 5.41) is 0. The maximum Gasteiger partial charge on any atom is 0.258 e. The van der Waals surface area contributed by atoms with Crippen molar-refractivity contribution in [2.24, 2.45) is 0 Å². The Labute approximate surface area is 185 Å². The molecule has 168 valence electrons. The molecule has 31 heavy (non-hydrogen) atoms. The molecule has 1 heterocycles. The van der Waals surface area contributed by atoms with Crippen LogP contribution in [-0.2, 0) is 0 Å². The monoisotopic (exact) mass is 427 g/mol. The Kier molecular flexibility index (Phi) is 7.91. The Morgan fingerprint density at radius 2 is 1.87 bits per heavy atom. The van der Waals surface area contributed by atoms with E-state index in [2.05, 4.69) is 30.8 Å². The fraction of sp³-hybridized carbons (Fsp3) is 0.480. The molecule has 1 unspecified atom stereocenters. The largest absolute Gasteiger partial charge is 0.494 e. The third-order valence-electron chi connectivity index (χ3n) is 5.98. The van der Waals surface area contributed by atoms with E-state index in [4.69, 9.17) is 4.74 Å². The van der Waals surface area contributed by atoms with Crippen LogP contribution in [0, 0.1) is 5.82 Å². The van der Waals surface area contributed by atoms with Crippen LogP contribution in [0.15, 0.2) is 42.5 Å². The number of ether oxygens (including phenoxy) is 1. The molecule has 2 aromatic rings. The second kappa shape index (κ2) is 10.6. The number of anilines is 2. The van der Waals surface area contributed by atoms with Gasteiger partial charge in [0.15, 0.2) is 0 Å². The molecule has 1 aliphatic rings. The number of halogens is 1. The average Bonchev–Trinajstić information content (AvgIpc) is 3.26. The van der Waals surface area contributed by atoms with E-state index in [1.165, 1.54) is 11.0 Å². The summed E-state index contributed by atoms with van der Waals surface area (Å²) in [5.41, 5.74) is 1.68. The second-order valence-electron chi connectivity index (χ2n) is 8.43. The Morgan fingerprint density at radius 3 is 2.48 bits per heavy atom. The number of unbranched alkanes of at least 4 members (excludes halogenated alkanes) is 2. The number of hydrogen-bond donors (Lipinski definition) is 0. The SMILES string of the molecule is CCCCCOc1ccc(C(=O)N(C)c2ccc(N3CCC(N(C)C)C3)c(F)c2)cc1.